The van der Waals surface area contributed by atoms with E-state index in [1.807, 2.05) is 66.3 Å². The second kappa shape index (κ2) is 7.18. The molecular weight excluding hydrogens is 366 g/mol. The fourth-order valence-electron chi connectivity index (χ4n) is 3.89. The van der Waals surface area contributed by atoms with Gasteiger partial charge in [0, 0.05) is 36.8 Å². The van der Waals surface area contributed by atoms with Gasteiger partial charge in [-0.2, -0.15) is 5.10 Å². The third-order valence-corrected chi connectivity index (χ3v) is 5.33. The zero-order valence-electron chi connectivity index (χ0n) is 16.0. The normalized spacial score (nSPS) is 18.9. The summed E-state index contributed by atoms with van der Waals surface area (Å²) in [6.07, 6.45) is 5.90. The fourth-order valence-corrected chi connectivity index (χ4v) is 3.89. The number of carbonyl (C=O) groups excluding carboxylic acids is 1. The van der Waals surface area contributed by atoms with E-state index in [4.69, 9.17) is 4.74 Å². The first-order chi connectivity index (χ1) is 14.2. The van der Waals surface area contributed by atoms with E-state index in [2.05, 4.69) is 15.4 Å². The molecule has 0 aliphatic carbocycles. The molecule has 1 N–H and O–H groups in total. The molecule has 1 aliphatic heterocycles. The number of ether oxygens (including phenoxy) is 1. The van der Waals surface area contributed by atoms with Crippen LogP contribution in [0.2, 0.25) is 0 Å². The van der Waals surface area contributed by atoms with E-state index in [0.717, 1.165) is 28.0 Å². The van der Waals surface area contributed by atoms with Gasteiger partial charge in [-0.15, -0.1) is 0 Å². The van der Waals surface area contributed by atoms with Crippen LogP contribution in [0.4, 0.5) is 5.69 Å². The topological polar surface area (TPSA) is 74.0 Å². The number of hydrogen-bond donors (Lipinski definition) is 1. The molecule has 1 amide bonds. The van der Waals surface area contributed by atoms with Crippen LogP contribution in [0.5, 0.6) is 0 Å². The van der Waals surface area contributed by atoms with Crippen molar-refractivity contribution in [1.82, 2.24) is 19.3 Å². The first-order valence-electron chi connectivity index (χ1n) is 9.62. The zero-order chi connectivity index (χ0) is 19.8. The number of fused-ring (bicyclic) bond motifs is 1. The van der Waals surface area contributed by atoms with Crippen molar-refractivity contribution in [2.75, 3.05) is 11.9 Å². The van der Waals surface area contributed by atoms with Crippen LogP contribution in [0, 0.1) is 5.92 Å². The van der Waals surface area contributed by atoms with Gasteiger partial charge in [-0.05, 0) is 36.8 Å². The van der Waals surface area contributed by atoms with E-state index in [-0.39, 0.29) is 17.9 Å². The summed E-state index contributed by atoms with van der Waals surface area (Å²) >= 11 is 0. The van der Waals surface area contributed by atoms with Gasteiger partial charge >= 0.3 is 0 Å². The Morgan fingerprint density at radius 1 is 1.21 bits per heavy atom. The molecule has 7 nitrogen and oxygen atoms in total. The Bertz CT molecular complexity index is 1160. The SMILES string of the molecule is Cn1cc([C@H]2OCC[C@@H]2C(=O)Nc2ccc3c(c2)ncn3-c2ccccc2)cn1. The zero-order valence-corrected chi connectivity index (χ0v) is 16.0. The highest BCUT2D eigenvalue weighted by atomic mass is 16.5. The molecule has 29 heavy (non-hydrogen) atoms. The average molecular weight is 387 g/mol. The summed E-state index contributed by atoms with van der Waals surface area (Å²) < 4.78 is 9.57. The lowest BCUT2D eigenvalue weighted by atomic mass is 9.96. The molecule has 4 aromatic rings. The molecule has 0 unspecified atom stereocenters. The van der Waals surface area contributed by atoms with E-state index in [0.29, 0.717) is 13.0 Å². The van der Waals surface area contributed by atoms with Crippen molar-refractivity contribution in [3.05, 3.63) is 72.8 Å². The minimum atomic E-state index is -0.260. The number of anilines is 1. The van der Waals surface area contributed by atoms with Crippen molar-refractivity contribution in [1.29, 1.82) is 0 Å². The molecule has 2 atom stereocenters. The minimum absolute atomic E-state index is 0.0433. The lowest BCUT2D eigenvalue weighted by molar-refractivity contribution is -0.121. The molecule has 7 heteroatoms. The first-order valence-corrected chi connectivity index (χ1v) is 9.62. The summed E-state index contributed by atoms with van der Waals surface area (Å²) in [5.41, 5.74) is 4.54. The smallest absolute Gasteiger partial charge is 0.230 e. The summed E-state index contributed by atoms with van der Waals surface area (Å²) in [4.78, 5) is 17.4. The van der Waals surface area contributed by atoms with Crippen LogP contribution in [0.15, 0.2) is 67.3 Å². The summed E-state index contributed by atoms with van der Waals surface area (Å²) in [7, 11) is 1.86. The first kappa shape index (κ1) is 17.6. The molecule has 0 spiro atoms. The van der Waals surface area contributed by atoms with E-state index >= 15 is 0 Å². The Morgan fingerprint density at radius 2 is 2.07 bits per heavy atom. The molecule has 0 bridgehead atoms. The van der Waals surface area contributed by atoms with Crippen molar-refractivity contribution in [3.8, 4) is 5.69 Å². The maximum absolute atomic E-state index is 12.9. The summed E-state index contributed by atoms with van der Waals surface area (Å²) in [6, 6.07) is 15.9. The van der Waals surface area contributed by atoms with E-state index < -0.39 is 0 Å². The summed E-state index contributed by atoms with van der Waals surface area (Å²) in [6.45, 7) is 0.568. The van der Waals surface area contributed by atoms with Gasteiger partial charge in [0.15, 0.2) is 0 Å². The van der Waals surface area contributed by atoms with Crippen molar-refractivity contribution >= 4 is 22.6 Å². The van der Waals surface area contributed by atoms with Gasteiger partial charge in [-0.3, -0.25) is 14.0 Å². The molecule has 2 aromatic carbocycles. The maximum Gasteiger partial charge on any atom is 0.230 e. The Balaban J connectivity index is 1.37. The second-order valence-electron chi connectivity index (χ2n) is 7.28. The van der Waals surface area contributed by atoms with E-state index in [1.54, 1.807) is 17.2 Å². The van der Waals surface area contributed by atoms with Crippen molar-refractivity contribution in [2.24, 2.45) is 13.0 Å². The maximum atomic E-state index is 12.9. The molecular formula is C22H21N5O2. The predicted octanol–water partition coefficient (Wildman–Crippen LogP) is 3.48. The molecule has 0 radical (unpaired) electrons. The highest BCUT2D eigenvalue weighted by molar-refractivity contribution is 5.95. The number of imidazole rings is 1. The standard InChI is InChI=1S/C22H21N5O2/c1-26-13-15(12-24-26)21-18(9-10-29-21)22(28)25-16-7-8-20-19(11-16)23-14-27(20)17-5-3-2-4-6-17/h2-8,11-14,18,21H,9-10H2,1H3,(H,25,28)/t18-,21+/m0/s1. The average Bonchev–Trinajstić information content (AvgIpc) is 3.47. The van der Waals surface area contributed by atoms with Gasteiger partial charge in [0.25, 0.3) is 0 Å². The molecule has 1 saturated heterocycles. The number of hydrogen-bond acceptors (Lipinski definition) is 4. The fraction of sp³-hybridized carbons (Fsp3) is 0.227. The van der Waals surface area contributed by atoms with E-state index in [1.165, 1.54) is 0 Å². The Hall–Kier alpha value is -3.45. The number of nitrogens with zero attached hydrogens (tertiary/aromatic N) is 4. The highest BCUT2D eigenvalue weighted by Crippen LogP contribution is 2.35. The third kappa shape index (κ3) is 3.30. The van der Waals surface area contributed by atoms with Gasteiger partial charge in [-0.25, -0.2) is 4.98 Å². The number of rotatable bonds is 4. The minimum Gasteiger partial charge on any atom is -0.373 e. The molecule has 3 heterocycles. The number of carbonyl (C=O) groups is 1. The Kier molecular flexibility index (Phi) is 4.37. The molecule has 146 valence electrons. The number of para-hydroxylation sites is 1. The van der Waals surface area contributed by atoms with Crippen LogP contribution in [0.25, 0.3) is 16.7 Å². The molecule has 5 rings (SSSR count). The van der Waals surface area contributed by atoms with Gasteiger partial charge in [0.1, 0.15) is 6.33 Å². The lowest BCUT2D eigenvalue weighted by Crippen LogP contribution is -2.25. The van der Waals surface area contributed by atoms with Gasteiger partial charge in [0.05, 0.1) is 29.3 Å². The third-order valence-electron chi connectivity index (χ3n) is 5.33. The van der Waals surface area contributed by atoms with E-state index in [9.17, 15) is 4.79 Å². The van der Waals surface area contributed by atoms with Gasteiger partial charge in [0.2, 0.25) is 5.91 Å². The van der Waals surface area contributed by atoms with Crippen molar-refractivity contribution in [3.63, 3.8) is 0 Å². The Labute approximate surface area is 167 Å². The number of aromatic nitrogens is 4. The van der Waals surface area contributed by atoms with Crippen LogP contribution >= 0.6 is 0 Å². The number of aryl methyl sites for hydroxylation is 1. The number of amides is 1. The quantitative estimate of drug-likeness (QED) is 0.582. The predicted molar refractivity (Wildman–Crippen MR) is 110 cm³/mol. The van der Waals surface area contributed by atoms with Crippen LogP contribution in [-0.4, -0.2) is 31.8 Å². The number of benzene rings is 2. The summed E-state index contributed by atoms with van der Waals surface area (Å²) in [5, 5.41) is 7.23. The molecule has 2 aromatic heterocycles. The second-order valence-corrected chi connectivity index (χ2v) is 7.28. The largest absolute Gasteiger partial charge is 0.373 e. The van der Waals surface area contributed by atoms with Crippen LogP contribution in [0.3, 0.4) is 0 Å². The molecule has 0 saturated carbocycles. The lowest BCUT2D eigenvalue weighted by Gasteiger charge is -2.17. The van der Waals surface area contributed by atoms with Crippen molar-refractivity contribution < 1.29 is 9.53 Å². The van der Waals surface area contributed by atoms with Crippen LogP contribution < -0.4 is 5.32 Å². The van der Waals surface area contributed by atoms with Crippen LogP contribution in [0.1, 0.15) is 18.1 Å². The van der Waals surface area contributed by atoms with Gasteiger partial charge < -0.3 is 10.1 Å². The van der Waals surface area contributed by atoms with Crippen LogP contribution in [-0.2, 0) is 16.6 Å². The van der Waals surface area contributed by atoms with Crippen molar-refractivity contribution in [2.45, 2.75) is 12.5 Å². The highest BCUT2D eigenvalue weighted by Gasteiger charge is 2.36. The molecule has 1 fully saturated rings. The summed E-state index contributed by atoms with van der Waals surface area (Å²) in [5.74, 6) is -0.282. The Morgan fingerprint density at radius 3 is 2.86 bits per heavy atom. The van der Waals surface area contributed by atoms with Gasteiger partial charge in [-0.1, -0.05) is 18.2 Å². The monoisotopic (exact) mass is 387 g/mol. The number of nitrogens with one attached hydrogen (secondary N) is 1. The molecule has 1 aliphatic rings.